The van der Waals surface area contributed by atoms with Crippen molar-refractivity contribution in [2.75, 3.05) is 18.0 Å². The lowest BCUT2D eigenvalue weighted by Crippen LogP contribution is -2.39. The normalized spacial score (nSPS) is 15.3. The Balaban J connectivity index is 1.44. The number of benzene rings is 2. The first kappa shape index (κ1) is 21.4. The summed E-state index contributed by atoms with van der Waals surface area (Å²) in [6, 6.07) is 12.5. The lowest BCUT2D eigenvalue weighted by Gasteiger charge is -2.34. The number of hydrogen-bond acceptors (Lipinski definition) is 4. The van der Waals surface area contributed by atoms with Gasteiger partial charge >= 0.3 is 6.36 Å². The van der Waals surface area contributed by atoms with E-state index in [1.165, 1.54) is 24.3 Å². The van der Waals surface area contributed by atoms with Crippen molar-refractivity contribution in [3.8, 4) is 11.5 Å². The van der Waals surface area contributed by atoms with E-state index in [0.717, 1.165) is 16.6 Å². The standard InChI is InChI=1S/C22H20ClF3N2O3/c1-27-19-12-14(23)2-7-18(19)20(13-21(27)29)28-10-8-16(9-11-28)30-15-3-5-17(6-4-15)31-22(24,25)26/h2-7,12-13,16H,8-11H2,1H3. The zero-order valence-corrected chi connectivity index (χ0v) is 17.4. The van der Waals surface area contributed by atoms with Crippen molar-refractivity contribution < 1.29 is 22.6 Å². The Bertz CT molecular complexity index is 1140. The second kappa shape index (κ2) is 8.34. The molecule has 0 spiro atoms. The molecule has 0 radical (unpaired) electrons. The van der Waals surface area contributed by atoms with Crippen LogP contribution in [-0.4, -0.2) is 30.1 Å². The average molecular weight is 453 g/mol. The summed E-state index contributed by atoms with van der Waals surface area (Å²) >= 11 is 6.11. The Morgan fingerprint density at radius 3 is 2.29 bits per heavy atom. The Morgan fingerprint density at radius 2 is 1.65 bits per heavy atom. The highest BCUT2D eigenvalue weighted by Crippen LogP contribution is 2.31. The van der Waals surface area contributed by atoms with Crippen LogP contribution < -0.4 is 19.9 Å². The molecule has 1 aliphatic heterocycles. The molecule has 9 heteroatoms. The summed E-state index contributed by atoms with van der Waals surface area (Å²) in [6.45, 7) is 1.37. The maximum Gasteiger partial charge on any atom is 0.573 e. The van der Waals surface area contributed by atoms with E-state index < -0.39 is 6.36 Å². The smallest absolute Gasteiger partial charge is 0.490 e. The zero-order valence-electron chi connectivity index (χ0n) is 16.7. The number of alkyl halides is 3. The van der Waals surface area contributed by atoms with Gasteiger partial charge in [-0.15, -0.1) is 13.2 Å². The van der Waals surface area contributed by atoms with E-state index in [-0.39, 0.29) is 17.4 Å². The molecule has 31 heavy (non-hydrogen) atoms. The molecule has 1 fully saturated rings. The number of pyridine rings is 1. The molecule has 1 saturated heterocycles. The molecular formula is C22H20ClF3N2O3. The molecule has 0 unspecified atom stereocenters. The van der Waals surface area contributed by atoms with Gasteiger partial charge < -0.3 is 18.9 Å². The number of aryl methyl sites for hydroxylation is 1. The molecule has 0 saturated carbocycles. The molecule has 0 atom stereocenters. The number of fused-ring (bicyclic) bond motifs is 1. The monoisotopic (exact) mass is 452 g/mol. The van der Waals surface area contributed by atoms with Gasteiger partial charge in [-0.1, -0.05) is 11.6 Å². The molecule has 164 valence electrons. The van der Waals surface area contributed by atoms with E-state index in [1.54, 1.807) is 29.8 Å². The van der Waals surface area contributed by atoms with Crippen LogP contribution in [0.4, 0.5) is 18.9 Å². The van der Waals surface area contributed by atoms with E-state index >= 15 is 0 Å². The first-order valence-corrected chi connectivity index (χ1v) is 10.1. The van der Waals surface area contributed by atoms with Crippen LogP contribution in [0.2, 0.25) is 5.02 Å². The van der Waals surface area contributed by atoms with Gasteiger partial charge in [-0.2, -0.15) is 0 Å². The van der Waals surface area contributed by atoms with E-state index in [4.69, 9.17) is 16.3 Å². The zero-order chi connectivity index (χ0) is 22.2. The van der Waals surface area contributed by atoms with Crippen molar-refractivity contribution in [2.45, 2.75) is 25.3 Å². The van der Waals surface area contributed by atoms with Crippen LogP contribution >= 0.6 is 11.6 Å². The summed E-state index contributed by atoms with van der Waals surface area (Å²) in [6.07, 6.45) is -3.36. The molecule has 0 bridgehead atoms. The topological polar surface area (TPSA) is 43.7 Å². The first-order valence-electron chi connectivity index (χ1n) is 9.76. The summed E-state index contributed by atoms with van der Waals surface area (Å²) < 4.78 is 48.2. The van der Waals surface area contributed by atoms with Gasteiger partial charge in [-0.25, -0.2) is 0 Å². The fourth-order valence-corrected chi connectivity index (χ4v) is 3.96. The Hall–Kier alpha value is -2.87. The Morgan fingerprint density at radius 1 is 1.00 bits per heavy atom. The van der Waals surface area contributed by atoms with Gasteiger partial charge in [-0.05, 0) is 42.5 Å². The number of hydrogen-bond donors (Lipinski definition) is 0. The van der Waals surface area contributed by atoms with Crippen molar-refractivity contribution in [2.24, 2.45) is 7.05 Å². The van der Waals surface area contributed by atoms with Gasteiger partial charge in [0.25, 0.3) is 5.56 Å². The number of anilines is 1. The fourth-order valence-electron chi connectivity index (χ4n) is 3.80. The Kier molecular flexibility index (Phi) is 5.75. The molecule has 2 aromatic carbocycles. The number of aromatic nitrogens is 1. The third kappa shape index (κ3) is 4.90. The van der Waals surface area contributed by atoms with E-state index in [1.807, 2.05) is 6.07 Å². The largest absolute Gasteiger partial charge is 0.573 e. The fraction of sp³-hybridized carbons (Fsp3) is 0.318. The molecule has 2 heterocycles. The quantitative estimate of drug-likeness (QED) is 0.550. The summed E-state index contributed by atoms with van der Waals surface area (Å²) in [5.41, 5.74) is 1.53. The highest BCUT2D eigenvalue weighted by Gasteiger charge is 2.31. The van der Waals surface area contributed by atoms with Gasteiger partial charge in [0, 0.05) is 49.5 Å². The van der Waals surface area contributed by atoms with Gasteiger partial charge in [0.15, 0.2) is 0 Å². The minimum Gasteiger partial charge on any atom is -0.490 e. The number of ether oxygens (including phenoxy) is 2. The van der Waals surface area contributed by atoms with Crippen LogP contribution in [0.1, 0.15) is 12.8 Å². The second-order valence-corrected chi connectivity index (χ2v) is 7.85. The number of halogens is 4. The lowest BCUT2D eigenvalue weighted by atomic mass is 10.1. The van der Waals surface area contributed by atoms with Crippen LogP contribution in [0.5, 0.6) is 11.5 Å². The van der Waals surface area contributed by atoms with Crippen LogP contribution in [0, 0.1) is 0 Å². The highest BCUT2D eigenvalue weighted by molar-refractivity contribution is 6.31. The molecule has 1 aromatic heterocycles. The van der Waals surface area contributed by atoms with Crippen molar-refractivity contribution in [3.05, 3.63) is 63.9 Å². The SMILES string of the molecule is Cn1c(=O)cc(N2CCC(Oc3ccc(OC(F)(F)F)cc3)CC2)c2ccc(Cl)cc21. The predicted molar refractivity (Wildman–Crippen MR) is 113 cm³/mol. The molecule has 0 amide bonds. The average Bonchev–Trinajstić information content (AvgIpc) is 2.72. The number of piperidine rings is 1. The third-order valence-electron chi connectivity index (χ3n) is 5.33. The van der Waals surface area contributed by atoms with Crippen molar-refractivity contribution in [1.82, 2.24) is 4.57 Å². The first-order chi connectivity index (χ1) is 14.7. The van der Waals surface area contributed by atoms with E-state index in [0.29, 0.717) is 36.7 Å². The van der Waals surface area contributed by atoms with Crippen LogP contribution in [0.3, 0.4) is 0 Å². The van der Waals surface area contributed by atoms with Gasteiger partial charge in [0.2, 0.25) is 0 Å². The van der Waals surface area contributed by atoms with E-state index in [9.17, 15) is 18.0 Å². The van der Waals surface area contributed by atoms with Gasteiger partial charge in [0.1, 0.15) is 17.6 Å². The maximum atomic E-state index is 12.4. The van der Waals surface area contributed by atoms with Gasteiger partial charge in [0.05, 0.1) is 11.2 Å². The lowest BCUT2D eigenvalue weighted by molar-refractivity contribution is -0.274. The third-order valence-corrected chi connectivity index (χ3v) is 5.57. The molecule has 4 rings (SSSR count). The molecule has 1 aliphatic rings. The van der Waals surface area contributed by atoms with Crippen LogP contribution in [-0.2, 0) is 7.05 Å². The minimum absolute atomic E-state index is 0.0714. The van der Waals surface area contributed by atoms with Gasteiger partial charge in [-0.3, -0.25) is 4.79 Å². The van der Waals surface area contributed by atoms with Crippen LogP contribution in [0.25, 0.3) is 10.9 Å². The van der Waals surface area contributed by atoms with Crippen LogP contribution in [0.15, 0.2) is 53.3 Å². The second-order valence-electron chi connectivity index (χ2n) is 7.41. The number of nitrogens with zero attached hydrogens (tertiary/aromatic N) is 2. The molecule has 0 N–H and O–H groups in total. The summed E-state index contributed by atoms with van der Waals surface area (Å²) in [7, 11) is 1.72. The summed E-state index contributed by atoms with van der Waals surface area (Å²) in [5, 5.41) is 1.52. The van der Waals surface area contributed by atoms with Crippen molar-refractivity contribution in [1.29, 1.82) is 0 Å². The minimum atomic E-state index is -4.72. The summed E-state index contributed by atoms with van der Waals surface area (Å²) in [4.78, 5) is 14.6. The highest BCUT2D eigenvalue weighted by atomic mass is 35.5. The molecular weight excluding hydrogens is 433 g/mol. The summed E-state index contributed by atoms with van der Waals surface area (Å²) in [5.74, 6) is 0.203. The molecule has 5 nitrogen and oxygen atoms in total. The molecule has 3 aromatic rings. The maximum absolute atomic E-state index is 12.4. The van der Waals surface area contributed by atoms with E-state index in [2.05, 4.69) is 9.64 Å². The van der Waals surface area contributed by atoms with Crippen molar-refractivity contribution in [3.63, 3.8) is 0 Å². The van der Waals surface area contributed by atoms with Crippen molar-refractivity contribution >= 4 is 28.2 Å². The molecule has 0 aliphatic carbocycles. The number of rotatable bonds is 4. The Labute approximate surface area is 181 Å². The predicted octanol–water partition coefficient (Wildman–Crippen LogP) is 5.14.